The maximum absolute atomic E-state index is 12.7. The summed E-state index contributed by atoms with van der Waals surface area (Å²) in [6.07, 6.45) is 0.250. The number of hydrogen-bond donors (Lipinski definition) is 1. The van der Waals surface area contributed by atoms with Gasteiger partial charge in [0.05, 0.1) is 21.8 Å². The Hall–Kier alpha value is -3.06. The van der Waals surface area contributed by atoms with Crippen LogP contribution in [-0.2, 0) is 26.2 Å². The SMILES string of the molecule is Cc1cccc(S(=O)(=O)Nc2cccc3ccc(CN(C)C)nc23)c1.O=C=O. The number of nitrogens with one attached hydrogen (secondary N) is 1. The summed E-state index contributed by atoms with van der Waals surface area (Å²) in [6, 6.07) is 16.3. The third-order valence-electron chi connectivity index (χ3n) is 3.80. The molecule has 146 valence electrons. The number of pyridine rings is 1. The minimum Gasteiger partial charge on any atom is -0.304 e. The van der Waals surface area contributed by atoms with Crippen LogP contribution in [0.4, 0.5) is 5.69 Å². The maximum Gasteiger partial charge on any atom is 0.373 e. The fourth-order valence-electron chi connectivity index (χ4n) is 2.67. The van der Waals surface area contributed by atoms with Crippen LogP contribution < -0.4 is 4.72 Å². The van der Waals surface area contributed by atoms with E-state index in [1.807, 2.05) is 56.3 Å². The van der Waals surface area contributed by atoms with Crippen LogP contribution in [0.15, 0.2) is 59.5 Å². The number of aryl methyl sites for hydroxylation is 1. The number of carbonyl (C=O) groups excluding carboxylic acids is 2. The van der Waals surface area contributed by atoms with Crippen molar-refractivity contribution < 1.29 is 18.0 Å². The molecule has 1 aromatic heterocycles. The largest absolute Gasteiger partial charge is 0.373 e. The van der Waals surface area contributed by atoms with Gasteiger partial charge in [-0.15, -0.1) is 0 Å². The number of sulfonamides is 1. The number of aromatic nitrogens is 1. The molecule has 0 saturated heterocycles. The van der Waals surface area contributed by atoms with Gasteiger partial charge in [0.15, 0.2) is 0 Å². The number of nitrogens with zero attached hydrogens (tertiary/aromatic N) is 2. The molecule has 0 bridgehead atoms. The Bertz CT molecular complexity index is 1110. The molecule has 0 atom stereocenters. The molecular formula is C20H21N3O4S. The average Bonchev–Trinajstić information content (AvgIpc) is 2.62. The van der Waals surface area contributed by atoms with Gasteiger partial charge in [-0.05, 0) is 50.8 Å². The van der Waals surface area contributed by atoms with Gasteiger partial charge in [0.1, 0.15) is 0 Å². The molecule has 7 nitrogen and oxygen atoms in total. The first kappa shape index (κ1) is 21.2. The lowest BCUT2D eigenvalue weighted by Crippen LogP contribution is -2.14. The average molecular weight is 399 g/mol. The smallest absolute Gasteiger partial charge is 0.304 e. The maximum atomic E-state index is 12.7. The van der Waals surface area contributed by atoms with Crippen LogP contribution in [0, 0.1) is 6.92 Å². The van der Waals surface area contributed by atoms with Crippen molar-refractivity contribution in [1.29, 1.82) is 0 Å². The minimum absolute atomic E-state index is 0.244. The Labute approximate surface area is 164 Å². The van der Waals surface area contributed by atoms with Crippen LogP contribution in [-0.4, -0.2) is 38.5 Å². The Kier molecular flexibility index (Phi) is 7.00. The van der Waals surface area contributed by atoms with Gasteiger partial charge in [0.2, 0.25) is 0 Å². The first-order chi connectivity index (χ1) is 13.3. The monoisotopic (exact) mass is 399 g/mol. The summed E-state index contributed by atoms with van der Waals surface area (Å²) in [7, 11) is 0.277. The van der Waals surface area contributed by atoms with E-state index in [9.17, 15) is 8.42 Å². The van der Waals surface area contributed by atoms with Crippen molar-refractivity contribution in [1.82, 2.24) is 9.88 Å². The number of hydrogen-bond acceptors (Lipinski definition) is 6. The third kappa shape index (κ3) is 5.47. The van der Waals surface area contributed by atoms with Gasteiger partial charge >= 0.3 is 6.15 Å². The first-order valence-electron chi connectivity index (χ1n) is 8.39. The van der Waals surface area contributed by atoms with Gasteiger partial charge in [-0.25, -0.2) is 13.4 Å². The van der Waals surface area contributed by atoms with Gasteiger partial charge in [0, 0.05) is 11.9 Å². The van der Waals surface area contributed by atoms with E-state index in [1.165, 1.54) is 0 Å². The minimum atomic E-state index is -3.66. The highest BCUT2D eigenvalue weighted by Gasteiger charge is 2.16. The summed E-state index contributed by atoms with van der Waals surface area (Å²) in [5, 5.41) is 0.895. The highest BCUT2D eigenvalue weighted by molar-refractivity contribution is 7.92. The Balaban J connectivity index is 0.000000878. The number of rotatable bonds is 5. The van der Waals surface area contributed by atoms with Gasteiger partial charge in [-0.1, -0.05) is 30.3 Å². The predicted molar refractivity (Wildman–Crippen MR) is 106 cm³/mol. The molecule has 3 rings (SSSR count). The number of anilines is 1. The third-order valence-corrected chi connectivity index (χ3v) is 5.16. The lowest BCUT2D eigenvalue weighted by molar-refractivity contribution is -0.191. The van der Waals surface area contributed by atoms with Crippen molar-refractivity contribution >= 4 is 32.8 Å². The zero-order valence-corrected chi connectivity index (χ0v) is 16.7. The van der Waals surface area contributed by atoms with E-state index in [0.29, 0.717) is 17.7 Å². The molecule has 8 heteroatoms. The molecule has 2 aromatic carbocycles. The summed E-state index contributed by atoms with van der Waals surface area (Å²) < 4.78 is 28.1. The van der Waals surface area contributed by atoms with Gasteiger partial charge in [-0.2, -0.15) is 9.59 Å². The molecule has 3 aromatic rings. The second-order valence-corrected chi connectivity index (χ2v) is 8.11. The molecule has 28 heavy (non-hydrogen) atoms. The molecule has 1 heterocycles. The number of benzene rings is 2. The van der Waals surface area contributed by atoms with Crippen molar-refractivity contribution in [2.45, 2.75) is 18.4 Å². The van der Waals surface area contributed by atoms with E-state index in [0.717, 1.165) is 16.6 Å². The topological polar surface area (TPSA) is 96.4 Å². The summed E-state index contributed by atoms with van der Waals surface area (Å²) in [4.78, 5) is 23.2. The van der Waals surface area contributed by atoms with Crippen molar-refractivity contribution in [2.24, 2.45) is 0 Å². The van der Waals surface area contributed by atoms with E-state index < -0.39 is 10.0 Å². The van der Waals surface area contributed by atoms with E-state index in [1.54, 1.807) is 24.3 Å². The Morgan fingerprint density at radius 1 is 1.04 bits per heavy atom. The van der Waals surface area contributed by atoms with Crippen molar-refractivity contribution in [2.75, 3.05) is 18.8 Å². The molecule has 0 saturated carbocycles. The summed E-state index contributed by atoms with van der Waals surface area (Å²) >= 11 is 0. The second kappa shape index (κ2) is 9.23. The Morgan fingerprint density at radius 2 is 1.71 bits per heavy atom. The molecule has 1 N–H and O–H groups in total. The normalized spacial score (nSPS) is 10.9. The number of para-hydroxylation sites is 1. The Morgan fingerprint density at radius 3 is 2.36 bits per heavy atom. The first-order valence-corrected chi connectivity index (χ1v) is 9.87. The molecule has 0 aliphatic rings. The molecule has 0 radical (unpaired) electrons. The zero-order valence-electron chi connectivity index (χ0n) is 15.8. The van der Waals surface area contributed by atoms with E-state index >= 15 is 0 Å². The number of fused-ring (bicyclic) bond motifs is 1. The zero-order chi connectivity index (χ0) is 20.7. The van der Waals surface area contributed by atoms with Crippen molar-refractivity contribution in [3.8, 4) is 0 Å². The molecule has 0 amide bonds. The molecule has 0 aliphatic heterocycles. The summed E-state index contributed by atoms with van der Waals surface area (Å²) in [5.74, 6) is 0. The molecule has 0 aliphatic carbocycles. The lowest BCUT2D eigenvalue weighted by atomic mass is 10.2. The van der Waals surface area contributed by atoms with Crippen LogP contribution in [0.2, 0.25) is 0 Å². The molecule has 0 fully saturated rings. The van der Waals surface area contributed by atoms with Crippen molar-refractivity contribution in [3.05, 3.63) is 65.9 Å². The summed E-state index contributed by atoms with van der Waals surface area (Å²) in [6.45, 7) is 2.56. The quantitative estimate of drug-likeness (QED) is 0.709. The standard InChI is InChI=1S/C19H21N3O2S.CO2/c1-14-6-4-8-17(12-14)25(23,24)21-18-9-5-7-15-10-11-16(13-22(2)3)20-19(15)18;2-1-3/h4-12,21H,13H2,1-3H3;. The predicted octanol–water partition coefficient (Wildman–Crippen LogP) is 2.82. The fraction of sp³-hybridized carbons (Fsp3) is 0.200. The summed E-state index contributed by atoms with van der Waals surface area (Å²) in [5.41, 5.74) is 2.92. The van der Waals surface area contributed by atoms with Crippen LogP contribution in [0.3, 0.4) is 0 Å². The second-order valence-electron chi connectivity index (χ2n) is 6.42. The molecular weight excluding hydrogens is 378 g/mol. The van der Waals surface area contributed by atoms with Gasteiger partial charge in [-0.3, -0.25) is 4.72 Å². The van der Waals surface area contributed by atoms with Gasteiger partial charge in [0.25, 0.3) is 10.0 Å². The molecule has 0 spiro atoms. The van der Waals surface area contributed by atoms with Crippen LogP contribution in [0.5, 0.6) is 0 Å². The van der Waals surface area contributed by atoms with Crippen LogP contribution in [0.1, 0.15) is 11.3 Å². The fourth-order valence-corrected chi connectivity index (χ4v) is 3.84. The van der Waals surface area contributed by atoms with E-state index in [-0.39, 0.29) is 11.0 Å². The van der Waals surface area contributed by atoms with Gasteiger partial charge < -0.3 is 4.90 Å². The van der Waals surface area contributed by atoms with Crippen LogP contribution in [0.25, 0.3) is 10.9 Å². The van der Waals surface area contributed by atoms with Crippen LogP contribution >= 0.6 is 0 Å². The highest BCUT2D eigenvalue weighted by atomic mass is 32.2. The molecule has 0 unspecified atom stereocenters. The highest BCUT2D eigenvalue weighted by Crippen LogP contribution is 2.25. The van der Waals surface area contributed by atoms with E-state index in [2.05, 4.69) is 9.71 Å². The van der Waals surface area contributed by atoms with Crippen molar-refractivity contribution in [3.63, 3.8) is 0 Å². The van der Waals surface area contributed by atoms with E-state index in [4.69, 9.17) is 9.59 Å². The lowest BCUT2D eigenvalue weighted by Gasteiger charge is -2.13.